The minimum atomic E-state index is -0.195. The molecule has 17 heavy (non-hydrogen) atoms. The monoisotopic (exact) mass is 237 g/mol. The Morgan fingerprint density at radius 1 is 1.41 bits per heavy atom. The number of hydrogen-bond donors (Lipinski definition) is 2. The van der Waals surface area contributed by atoms with Crippen LogP contribution in [0.5, 0.6) is 5.75 Å². The van der Waals surface area contributed by atoms with Crippen LogP contribution in [0.3, 0.4) is 0 Å². The summed E-state index contributed by atoms with van der Waals surface area (Å²) in [5.74, 6) is 0.560. The number of aliphatic hydroxyl groups is 1. The van der Waals surface area contributed by atoms with Crippen molar-refractivity contribution in [1.29, 1.82) is 0 Å². The molecule has 0 heterocycles. The summed E-state index contributed by atoms with van der Waals surface area (Å²) in [6.45, 7) is 2.46. The van der Waals surface area contributed by atoms with Gasteiger partial charge in [-0.2, -0.15) is 0 Å². The van der Waals surface area contributed by atoms with Crippen molar-refractivity contribution >= 4 is 5.91 Å². The summed E-state index contributed by atoms with van der Waals surface area (Å²) in [6, 6.07) is 7.45. The molecule has 0 aliphatic heterocycles. The van der Waals surface area contributed by atoms with Crippen molar-refractivity contribution in [2.45, 2.75) is 19.3 Å². The summed E-state index contributed by atoms with van der Waals surface area (Å²) in [4.78, 5) is 11.7. The SMILES string of the molecule is COc1ccc(C(C)C(=O)NCCCO)cc1. The molecule has 0 bridgehead atoms. The summed E-state index contributed by atoms with van der Waals surface area (Å²) in [5.41, 5.74) is 0.951. The van der Waals surface area contributed by atoms with E-state index in [0.717, 1.165) is 11.3 Å². The van der Waals surface area contributed by atoms with Crippen molar-refractivity contribution in [2.24, 2.45) is 0 Å². The topological polar surface area (TPSA) is 58.6 Å². The average molecular weight is 237 g/mol. The van der Waals surface area contributed by atoms with Crippen molar-refractivity contribution in [1.82, 2.24) is 5.32 Å². The third-order valence-electron chi connectivity index (χ3n) is 2.64. The molecule has 0 saturated carbocycles. The second-order valence-electron chi connectivity index (χ2n) is 3.86. The van der Waals surface area contributed by atoms with E-state index in [-0.39, 0.29) is 18.4 Å². The Morgan fingerprint density at radius 2 is 2.06 bits per heavy atom. The normalized spacial score (nSPS) is 11.9. The lowest BCUT2D eigenvalue weighted by Gasteiger charge is -2.12. The van der Waals surface area contributed by atoms with Crippen molar-refractivity contribution in [3.8, 4) is 5.75 Å². The number of carbonyl (C=O) groups excluding carboxylic acids is 1. The fourth-order valence-electron chi connectivity index (χ4n) is 1.49. The van der Waals surface area contributed by atoms with Gasteiger partial charge in [0.05, 0.1) is 13.0 Å². The second-order valence-corrected chi connectivity index (χ2v) is 3.86. The number of nitrogens with one attached hydrogen (secondary N) is 1. The molecule has 4 heteroatoms. The Hall–Kier alpha value is -1.55. The standard InChI is InChI=1S/C13H19NO3/c1-10(13(16)14-8-3-9-15)11-4-6-12(17-2)7-5-11/h4-7,10,15H,3,8-9H2,1-2H3,(H,14,16). The van der Waals surface area contributed by atoms with Gasteiger partial charge < -0.3 is 15.2 Å². The Kier molecular flexibility index (Phi) is 5.49. The molecule has 1 unspecified atom stereocenters. The summed E-state index contributed by atoms with van der Waals surface area (Å²) < 4.78 is 5.06. The summed E-state index contributed by atoms with van der Waals surface area (Å²) in [7, 11) is 1.61. The Morgan fingerprint density at radius 3 is 2.59 bits per heavy atom. The molecule has 2 N–H and O–H groups in total. The van der Waals surface area contributed by atoms with E-state index in [0.29, 0.717) is 13.0 Å². The van der Waals surface area contributed by atoms with Crippen molar-refractivity contribution in [2.75, 3.05) is 20.3 Å². The van der Waals surface area contributed by atoms with Gasteiger partial charge in [0.25, 0.3) is 0 Å². The predicted molar refractivity (Wildman–Crippen MR) is 66.1 cm³/mol. The molecule has 0 spiro atoms. The highest BCUT2D eigenvalue weighted by atomic mass is 16.5. The molecule has 1 aromatic rings. The van der Waals surface area contributed by atoms with E-state index in [1.54, 1.807) is 7.11 Å². The molecule has 0 aliphatic carbocycles. The van der Waals surface area contributed by atoms with Gasteiger partial charge in [0.15, 0.2) is 0 Å². The zero-order valence-corrected chi connectivity index (χ0v) is 10.3. The number of carbonyl (C=O) groups is 1. The molecule has 0 aromatic heterocycles. The Balaban J connectivity index is 2.55. The van der Waals surface area contributed by atoms with Gasteiger partial charge in [0.1, 0.15) is 5.75 Å². The molecular weight excluding hydrogens is 218 g/mol. The molecule has 0 aliphatic rings. The van der Waals surface area contributed by atoms with Gasteiger partial charge >= 0.3 is 0 Å². The van der Waals surface area contributed by atoms with Gasteiger partial charge in [-0.1, -0.05) is 12.1 Å². The van der Waals surface area contributed by atoms with Crippen molar-refractivity contribution in [3.05, 3.63) is 29.8 Å². The quantitative estimate of drug-likeness (QED) is 0.733. The van der Waals surface area contributed by atoms with Gasteiger partial charge in [-0.25, -0.2) is 0 Å². The molecule has 1 rings (SSSR count). The van der Waals surface area contributed by atoms with Crippen LogP contribution in [0, 0.1) is 0 Å². The van der Waals surface area contributed by atoms with Crippen LogP contribution in [0.1, 0.15) is 24.8 Å². The van der Waals surface area contributed by atoms with Crippen LogP contribution in [0.15, 0.2) is 24.3 Å². The third-order valence-corrected chi connectivity index (χ3v) is 2.64. The highest BCUT2D eigenvalue weighted by Crippen LogP contribution is 2.19. The first-order chi connectivity index (χ1) is 8.19. The number of amides is 1. The molecule has 0 radical (unpaired) electrons. The van der Waals surface area contributed by atoms with Crippen LogP contribution in [0.4, 0.5) is 0 Å². The third kappa shape index (κ3) is 4.07. The Bertz CT molecular complexity index is 348. The van der Waals surface area contributed by atoms with Gasteiger partial charge in [0, 0.05) is 13.2 Å². The Labute approximate surface area is 102 Å². The van der Waals surface area contributed by atoms with E-state index < -0.39 is 0 Å². The van der Waals surface area contributed by atoms with Crippen LogP contribution in [-0.4, -0.2) is 31.3 Å². The number of benzene rings is 1. The number of hydrogen-bond acceptors (Lipinski definition) is 3. The highest BCUT2D eigenvalue weighted by Gasteiger charge is 2.14. The number of rotatable bonds is 6. The number of aliphatic hydroxyl groups excluding tert-OH is 1. The van der Waals surface area contributed by atoms with E-state index in [1.807, 2.05) is 31.2 Å². The summed E-state index contributed by atoms with van der Waals surface area (Å²) in [5, 5.41) is 11.4. The maximum Gasteiger partial charge on any atom is 0.227 e. The lowest BCUT2D eigenvalue weighted by molar-refractivity contribution is -0.122. The fraction of sp³-hybridized carbons (Fsp3) is 0.462. The zero-order chi connectivity index (χ0) is 12.7. The maximum atomic E-state index is 11.7. The summed E-state index contributed by atoms with van der Waals surface area (Å²) >= 11 is 0. The van der Waals surface area contributed by atoms with E-state index in [2.05, 4.69) is 5.32 Å². The molecule has 4 nitrogen and oxygen atoms in total. The summed E-state index contributed by atoms with van der Waals surface area (Å²) in [6.07, 6.45) is 0.584. The van der Waals surface area contributed by atoms with Crippen molar-refractivity contribution in [3.63, 3.8) is 0 Å². The molecular formula is C13H19NO3. The minimum Gasteiger partial charge on any atom is -0.497 e. The predicted octanol–water partition coefficient (Wildman–Crippen LogP) is 1.30. The first-order valence-corrected chi connectivity index (χ1v) is 5.71. The first kappa shape index (κ1) is 13.5. The number of ether oxygens (including phenoxy) is 1. The largest absolute Gasteiger partial charge is 0.497 e. The molecule has 0 fully saturated rings. The lowest BCUT2D eigenvalue weighted by Crippen LogP contribution is -2.29. The number of methoxy groups -OCH3 is 1. The minimum absolute atomic E-state index is 0.0244. The van der Waals surface area contributed by atoms with Crippen LogP contribution in [0.25, 0.3) is 0 Å². The maximum absolute atomic E-state index is 11.7. The van der Waals surface area contributed by atoms with Crippen LogP contribution in [-0.2, 0) is 4.79 Å². The molecule has 1 amide bonds. The van der Waals surface area contributed by atoms with Gasteiger partial charge in [0.2, 0.25) is 5.91 Å². The second kappa shape index (κ2) is 6.91. The zero-order valence-electron chi connectivity index (χ0n) is 10.3. The molecule has 0 saturated heterocycles. The van der Waals surface area contributed by atoms with Gasteiger partial charge in [-0.3, -0.25) is 4.79 Å². The van der Waals surface area contributed by atoms with Crippen LogP contribution >= 0.6 is 0 Å². The van der Waals surface area contributed by atoms with Crippen LogP contribution < -0.4 is 10.1 Å². The molecule has 1 aromatic carbocycles. The van der Waals surface area contributed by atoms with Gasteiger partial charge in [-0.15, -0.1) is 0 Å². The first-order valence-electron chi connectivity index (χ1n) is 5.71. The van der Waals surface area contributed by atoms with E-state index >= 15 is 0 Å². The highest BCUT2D eigenvalue weighted by molar-refractivity contribution is 5.83. The van der Waals surface area contributed by atoms with E-state index in [1.165, 1.54) is 0 Å². The molecule has 1 atom stereocenters. The molecule has 94 valence electrons. The van der Waals surface area contributed by atoms with E-state index in [9.17, 15) is 4.79 Å². The lowest BCUT2D eigenvalue weighted by atomic mass is 10.0. The average Bonchev–Trinajstić information content (AvgIpc) is 2.38. The van der Waals surface area contributed by atoms with Crippen molar-refractivity contribution < 1.29 is 14.6 Å². The van der Waals surface area contributed by atoms with E-state index in [4.69, 9.17) is 9.84 Å². The fourth-order valence-corrected chi connectivity index (χ4v) is 1.49. The smallest absolute Gasteiger partial charge is 0.227 e. The van der Waals surface area contributed by atoms with Gasteiger partial charge in [-0.05, 0) is 31.0 Å². The van der Waals surface area contributed by atoms with Crippen LogP contribution in [0.2, 0.25) is 0 Å².